The maximum absolute atomic E-state index is 13.3. The Balaban J connectivity index is 2.47. The van der Waals surface area contributed by atoms with Crippen molar-refractivity contribution in [1.82, 2.24) is 0 Å². The van der Waals surface area contributed by atoms with Crippen LogP contribution in [0.25, 0.3) is 0 Å². The molecule has 13 heavy (non-hydrogen) atoms. The molecule has 1 nitrogen and oxygen atoms in total. The molecule has 3 heteroatoms. The van der Waals surface area contributed by atoms with Crippen molar-refractivity contribution in [2.75, 3.05) is 5.75 Å². The second-order valence-electron chi connectivity index (χ2n) is 3.16. The quantitative estimate of drug-likeness (QED) is 0.691. The van der Waals surface area contributed by atoms with Crippen LogP contribution in [0.15, 0.2) is 18.2 Å². The number of halogens is 1. The van der Waals surface area contributed by atoms with E-state index in [0.717, 1.165) is 17.7 Å². The molecule has 0 fully saturated rings. The van der Waals surface area contributed by atoms with Gasteiger partial charge in [-0.1, -0.05) is 12.1 Å². The SMILES string of the molecule is OC1CCSCc2c(F)cccc21. The minimum atomic E-state index is -0.485. The van der Waals surface area contributed by atoms with Crippen LogP contribution in [-0.2, 0) is 5.75 Å². The fourth-order valence-corrected chi connectivity index (χ4v) is 2.61. The van der Waals surface area contributed by atoms with E-state index in [2.05, 4.69) is 0 Å². The summed E-state index contributed by atoms with van der Waals surface area (Å²) in [7, 11) is 0. The van der Waals surface area contributed by atoms with Crippen LogP contribution in [0.5, 0.6) is 0 Å². The van der Waals surface area contributed by atoms with Gasteiger partial charge in [-0.15, -0.1) is 0 Å². The van der Waals surface area contributed by atoms with Crippen molar-refractivity contribution in [3.8, 4) is 0 Å². The molecule has 0 amide bonds. The molecule has 0 aromatic heterocycles. The smallest absolute Gasteiger partial charge is 0.127 e. The van der Waals surface area contributed by atoms with Gasteiger partial charge in [-0.25, -0.2) is 4.39 Å². The highest BCUT2D eigenvalue weighted by Gasteiger charge is 2.18. The van der Waals surface area contributed by atoms with Crippen LogP contribution in [0, 0.1) is 5.82 Å². The van der Waals surface area contributed by atoms with E-state index in [9.17, 15) is 9.50 Å². The average molecular weight is 198 g/mol. The van der Waals surface area contributed by atoms with Crippen molar-refractivity contribution in [3.05, 3.63) is 35.1 Å². The molecule has 70 valence electrons. The van der Waals surface area contributed by atoms with Gasteiger partial charge < -0.3 is 5.11 Å². The summed E-state index contributed by atoms with van der Waals surface area (Å²) >= 11 is 1.68. The summed E-state index contributed by atoms with van der Waals surface area (Å²) in [5, 5.41) is 9.69. The number of rotatable bonds is 0. The lowest BCUT2D eigenvalue weighted by Crippen LogP contribution is -2.00. The maximum Gasteiger partial charge on any atom is 0.127 e. The molecule has 0 radical (unpaired) electrons. The van der Waals surface area contributed by atoms with Gasteiger partial charge in [0.25, 0.3) is 0 Å². The first-order chi connectivity index (χ1) is 6.29. The Labute approximate surface area is 81.0 Å². The molecule has 1 unspecified atom stereocenters. The van der Waals surface area contributed by atoms with Crippen LogP contribution in [-0.4, -0.2) is 10.9 Å². The summed E-state index contributed by atoms with van der Waals surface area (Å²) in [6.07, 6.45) is 0.238. The van der Waals surface area contributed by atoms with Gasteiger partial charge in [0.15, 0.2) is 0 Å². The first kappa shape index (κ1) is 9.03. The minimum absolute atomic E-state index is 0.189. The third-order valence-corrected chi connectivity index (χ3v) is 3.31. The van der Waals surface area contributed by atoms with Crippen LogP contribution in [0.2, 0.25) is 0 Å². The van der Waals surface area contributed by atoms with Gasteiger partial charge in [0.05, 0.1) is 6.10 Å². The molecule has 1 atom stereocenters. The van der Waals surface area contributed by atoms with Gasteiger partial charge in [0.1, 0.15) is 5.82 Å². The van der Waals surface area contributed by atoms with Gasteiger partial charge in [-0.05, 0) is 23.8 Å². The number of aliphatic hydroxyl groups is 1. The number of aliphatic hydroxyl groups excluding tert-OH is 1. The van der Waals surface area contributed by atoms with E-state index in [4.69, 9.17) is 0 Å². The van der Waals surface area contributed by atoms with Crippen LogP contribution < -0.4 is 0 Å². The van der Waals surface area contributed by atoms with E-state index < -0.39 is 6.10 Å². The lowest BCUT2D eigenvalue weighted by molar-refractivity contribution is 0.174. The zero-order valence-corrected chi connectivity index (χ0v) is 7.98. The molecule has 0 saturated carbocycles. The van der Waals surface area contributed by atoms with Crippen molar-refractivity contribution < 1.29 is 9.50 Å². The lowest BCUT2D eigenvalue weighted by atomic mass is 10.0. The fraction of sp³-hybridized carbons (Fsp3) is 0.400. The van der Waals surface area contributed by atoms with E-state index in [1.165, 1.54) is 6.07 Å². The highest BCUT2D eigenvalue weighted by atomic mass is 32.2. The second kappa shape index (κ2) is 3.68. The van der Waals surface area contributed by atoms with E-state index in [1.807, 2.05) is 6.07 Å². The predicted octanol–water partition coefficient (Wildman–Crippen LogP) is 2.50. The zero-order chi connectivity index (χ0) is 9.26. The first-order valence-electron chi connectivity index (χ1n) is 4.32. The lowest BCUT2D eigenvalue weighted by Gasteiger charge is -2.10. The predicted molar refractivity (Wildman–Crippen MR) is 52.1 cm³/mol. The highest BCUT2D eigenvalue weighted by molar-refractivity contribution is 7.98. The summed E-state index contributed by atoms with van der Waals surface area (Å²) in [6.45, 7) is 0. The van der Waals surface area contributed by atoms with Gasteiger partial charge >= 0.3 is 0 Å². The molecule has 1 heterocycles. The molecule has 0 bridgehead atoms. The van der Waals surface area contributed by atoms with Crippen LogP contribution >= 0.6 is 11.8 Å². The Morgan fingerprint density at radius 1 is 1.46 bits per heavy atom. The minimum Gasteiger partial charge on any atom is -0.388 e. The molecule has 2 rings (SSSR count). The highest BCUT2D eigenvalue weighted by Crippen LogP contribution is 2.31. The second-order valence-corrected chi connectivity index (χ2v) is 4.27. The molecule has 1 aromatic carbocycles. The largest absolute Gasteiger partial charge is 0.388 e. The molecule has 1 aromatic rings. The Kier molecular flexibility index (Phi) is 2.56. The average Bonchev–Trinajstić information content (AvgIpc) is 2.30. The summed E-state index contributed by atoms with van der Waals surface area (Å²) < 4.78 is 13.3. The molecular formula is C10H11FOS. The topological polar surface area (TPSA) is 20.2 Å². The Morgan fingerprint density at radius 3 is 3.15 bits per heavy atom. The summed E-state index contributed by atoms with van der Waals surface area (Å²) in [5.41, 5.74) is 1.45. The number of hydrogen-bond donors (Lipinski definition) is 1. The Morgan fingerprint density at radius 2 is 2.31 bits per heavy atom. The molecule has 0 spiro atoms. The third kappa shape index (κ3) is 1.71. The molecule has 1 N–H and O–H groups in total. The van der Waals surface area contributed by atoms with Gasteiger partial charge in [-0.2, -0.15) is 11.8 Å². The van der Waals surface area contributed by atoms with Crippen molar-refractivity contribution >= 4 is 11.8 Å². The van der Waals surface area contributed by atoms with Crippen molar-refractivity contribution in [3.63, 3.8) is 0 Å². The maximum atomic E-state index is 13.3. The Bertz CT molecular complexity index is 314. The van der Waals surface area contributed by atoms with E-state index in [-0.39, 0.29) is 5.82 Å². The van der Waals surface area contributed by atoms with Gasteiger partial charge in [0.2, 0.25) is 0 Å². The van der Waals surface area contributed by atoms with Gasteiger partial charge in [-0.3, -0.25) is 0 Å². The molecule has 1 aliphatic rings. The number of hydrogen-bond acceptors (Lipinski definition) is 2. The van der Waals surface area contributed by atoms with Crippen LogP contribution in [0.3, 0.4) is 0 Å². The zero-order valence-electron chi connectivity index (χ0n) is 7.16. The fourth-order valence-electron chi connectivity index (χ4n) is 1.56. The Hall–Kier alpha value is -0.540. The van der Waals surface area contributed by atoms with E-state index in [0.29, 0.717) is 11.3 Å². The normalized spacial score (nSPS) is 22.2. The molecule has 0 aliphatic carbocycles. The number of fused-ring (bicyclic) bond motifs is 1. The van der Waals surface area contributed by atoms with Gasteiger partial charge in [0, 0.05) is 11.3 Å². The summed E-state index contributed by atoms with van der Waals surface area (Å²) in [5.74, 6) is 1.39. The van der Waals surface area contributed by atoms with Crippen LogP contribution in [0.4, 0.5) is 4.39 Å². The first-order valence-corrected chi connectivity index (χ1v) is 5.47. The molecule has 0 saturated heterocycles. The van der Waals surface area contributed by atoms with Crippen molar-refractivity contribution in [1.29, 1.82) is 0 Å². The van der Waals surface area contributed by atoms with E-state index in [1.54, 1.807) is 17.8 Å². The molecule has 1 aliphatic heterocycles. The number of thioether (sulfide) groups is 1. The monoisotopic (exact) mass is 198 g/mol. The van der Waals surface area contributed by atoms with E-state index >= 15 is 0 Å². The standard InChI is InChI=1S/C10H11FOS/c11-9-3-1-2-7-8(9)6-13-5-4-10(7)12/h1-3,10,12H,4-6H2. The third-order valence-electron chi connectivity index (χ3n) is 2.30. The number of benzene rings is 1. The molecular weight excluding hydrogens is 187 g/mol. The summed E-state index contributed by atoms with van der Waals surface area (Å²) in [6, 6.07) is 4.93. The van der Waals surface area contributed by atoms with Crippen molar-refractivity contribution in [2.45, 2.75) is 18.3 Å². The van der Waals surface area contributed by atoms with Crippen LogP contribution in [0.1, 0.15) is 23.7 Å². The van der Waals surface area contributed by atoms with Crippen molar-refractivity contribution in [2.24, 2.45) is 0 Å². The summed E-state index contributed by atoms with van der Waals surface area (Å²) in [4.78, 5) is 0.